The van der Waals surface area contributed by atoms with Crippen molar-refractivity contribution >= 4 is 49.9 Å². The molecule has 3 heterocycles. The molecule has 0 spiro atoms. The summed E-state index contributed by atoms with van der Waals surface area (Å²) in [7, 11) is 0. The third-order valence-electron chi connectivity index (χ3n) is 9.87. The molecule has 0 fully saturated rings. The van der Waals surface area contributed by atoms with Crippen LogP contribution in [-0.4, -0.2) is 16.1 Å². The van der Waals surface area contributed by atoms with Crippen molar-refractivity contribution in [3.05, 3.63) is 176 Å². The molecule has 4 nitrogen and oxygen atoms in total. The van der Waals surface area contributed by atoms with Crippen LogP contribution in [-0.2, 0) is 0 Å². The molecule has 8 aromatic rings. The maximum Gasteiger partial charge on any atom is 0.135 e. The smallest absolute Gasteiger partial charge is 0.135 e. The van der Waals surface area contributed by atoms with Gasteiger partial charge in [-0.15, -0.1) is 0 Å². The Hall–Kier alpha value is -6.39. The predicted octanol–water partition coefficient (Wildman–Crippen LogP) is 12.7. The highest BCUT2D eigenvalue weighted by atomic mass is 16.3. The lowest BCUT2D eigenvalue weighted by atomic mass is 9.99. The lowest BCUT2D eigenvalue weighted by Crippen LogP contribution is -2.18. The van der Waals surface area contributed by atoms with Crippen molar-refractivity contribution in [2.75, 3.05) is 11.4 Å². The van der Waals surface area contributed by atoms with Crippen molar-refractivity contribution in [1.29, 1.82) is 0 Å². The first-order valence-corrected chi connectivity index (χ1v) is 17.6. The van der Waals surface area contributed by atoms with E-state index in [1.54, 1.807) is 0 Å². The summed E-state index contributed by atoms with van der Waals surface area (Å²) >= 11 is 0. The monoisotopic (exact) mass is 659 g/mol. The van der Waals surface area contributed by atoms with Gasteiger partial charge in [0.2, 0.25) is 0 Å². The molecule has 0 atom stereocenters. The van der Waals surface area contributed by atoms with E-state index in [1.165, 1.54) is 0 Å². The Bertz CT molecular complexity index is 2680. The fraction of sp³-hybridized carbons (Fsp3) is 0.0851. The van der Waals surface area contributed by atoms with E-state index >= 15 is 0 Å². The van der Waals surface area contributed by atoms with Gasteiger partial charge in [0.05, 0.1) is 11.0 Å². The zero-order valence-electron chi connectivity index (χ0n) is 28.8. The fourth-order valence-electron chi connectivity index (χ4n) is 7.35. The number of aromatic nitrogens is 2. The van der Waals surface area contributed by atoms with Gasteiger partial charge in [-0.05, 0) is 94.6 Å². The third-order valence-corrected chi connectivity index (χ3v) is 9.87. The average Bonchev–Trinajstić information content (AvgIpc) is 3.76. The molecule has 9 rings (SSSR count). The maximum absolute atomic E-state index is 6.37. The standard InChI is InChI=1S/C47H37N3O/c1-31(2)47-48-42-19-7-9-21-44(42)50(47)38-17-12-15-34(28-38)36-23-25-46-41(30-36)40-29-35(22-24-45(40)51-46)33-14-11-16-37(27-33)49-26-10-4-5-13-32(3)39-18-6-8-20-43(39)49/h4-25,27-31H,3,26H2,1-2H3/b10-4-,13-5-. The van der Waals surface area contributed by atoms with Crippen molar-refractivity contribution in [3.8, 4) is 27.9 Å². The van der Waals surface area contributed by atoms with Gasteiger partial charge in [0.1, 0.15) is 17.0 Å². The summed E-state index contributed by atoms with van der Waals surface area (Å²) in [6, 6.07) is 47.5. The number of allylic oxidation sites excluding steroid dienone is 4. The first-order chi connectivity index (χ1) is 25.0. The van der Waals surface area contributed by atoms with Crippen LogP contribution >= 0.6 is 0 Å². The van der Waals surface area contributed by atoms with Gasteiger partial charge in [0.25, 0.3) is 0 Å². The summed E-state index contributed by atoms with van der Waals surface area (Å²) in [5.41, 5.74) is 14.0. The lowest BCUT2D eigenvalue weighted by molar-refractivity contribution is 0.669. The Morgan fingerprint density at radius 1 is 0.647 bits per heavy atom. The highest BCUT2D eigenvalue weighted by Gasteiger charge is 2.18. The van der Waals surface area contributed by atoms with Crippen molar-refractivity contribution in [2.45, 2.75) is 19.8 Å². The molecule has 4 heteroatoms. The van der Waals surface area contributed by atoms with Crippen molar-refractivity contribution in [2.24, 2.45) is 0 Å². The highest BCUT2D eigenvalue weighted by Crippen LogP contribution is 2.38. The second-order valence-corrected chi connectivity index (χ2v) is 13.5. The third kappa shape index (κ3) is 5.46. The number of anilines is 2. The van der Waals surface area contributed by atoms with Crippen LogP contribution in [0.2, 0.25) is 0 Å². The van der Waals surface area contributed by atoms with E-state index in [4.69, 9.17) is 9.40 Å². The van der Waals surface area contributed by atoms with E-state index in [2.05, 4.69) is 188 Å². The molecule has 0 bridgehead atoms. The minimum atomic E-state index is 0.285. The number of imidazole rings is 1. The number of hydrogen-bond acceptors (Lipinski definition) is 3. The van der Waals surface area contributed by atoms with Gasteiger partial charge >= 0.3 is 0 Å². The summed E-state index contributed by atoms with van der Waals surface area (Å²) in [4.78, 5) is 7.35. The summed E-state index contributed by atoms with van der Waals surface area (Å²) in [6.45, 7) is 9.50. The number of benzene rings is 6. The molecule has 0 N–H and O–H groups in total. The van der Waals surface area contributed by atoms with Crippen molar-refractivity contribution in [1.82, 2.24) is 9.55 Å². The van der Waals surface area contributed by atoms with Crippen LogP contribution < -0.4 is 4.90 Å². The van der Waals surface area contributed by atoms with Gasteiger partial charge in [-0.2, -0.15) is 0 Å². The van der Waals surface area contributed by atoms with E-state index in [0.717, 1.165) is 95.8 Å². The predicted molar refractivity (Wildman–Crippen MR) is 214 cm³/mol. The summed E-state index contributed by atoms with van der Waals surface area (Å²) in [5.74, 6) is 1.35. The van der Waals surface area contributed by atoms with Crippen LogP contribution in [0.25, 0.3) is 66.5 Å². The molecule has 0 saturated carbocycles. The topological polar surface area (TPSA) is 34.2 Å². The van der Waals surface area contributed by atoms with E-state index in [0.29, 0.717) is 0 Å². The molecule has 1 aliphatic rings. The van der Waals surface area contributed by atoms with Gasteiger partial charge in [-0.25, -0.2) is 4.98 Å². The molecule has 51 heavy (non-hydrogen) atoms. The van der Waals surface area contributed by atoms with Crippen molar-refractivity contribution < 1.29 is 4.42 Å². The number of rotatable bonds is 5. The summed E-state index contributed by atoms with van der Waals surface area (Å²) in [5, 5.41) is 2.21. The van der Waals surface area contributed by atoms with Gasteiger partial charge in [0, 0.05) is 45.9 Å². The van der Waals surface area contributed by atoms with Crippen LogP contribution in [0.1, 0.15) is 31.2 Å². The molecule has 6 aromatic carbocycles. The second kappa shape index (κ2) is 12.5. The van der Waals surface area contributed by atoms with E-state index in [1.807, 2.05) is 0 Å². The van der Waals surface area contributed by atoms with Crippen LogP contribution in [0, 0.1) is 0 Å². The zero-order valence-corrected chi connectivity index (χ0v) is 28.8. The molecule has 0 amide bonds. The lowest BCUT2D eigenvalue weighted by Gasteiger charge is -2.26. The van der Waals surface area contributed by atoms with Gasteiger partial charge in [0.15, 0.2) is 0 Å². The first-order valence-electron chi connectivity index (χ1n) is 17.6. The number of fused-ring (bicyclic) bond motifs is 5. The minimum absolute atomic E-state index is 0.285. The van der Waals surface area contributed by atoms with Crippen LogP contribution in [0.3, 0.4) is 0 Å². The molecule has 0 aliphatic carbocycles. The Morgan fingerprint density at radius 2 is 1.29 bits per heavy atom. The Balaban J connectivity index is 1.11. The van der Waals surface area contributed by atoms with E-state index in [9.17, 15) is 0 Å². The average molecular weight is 660 g/mol. The number of nitrogens with zero attached hydrogens (tertiary/aromatic N) is 3. The Labute approximate surface area is 297 Å². The SMILES string of the molecule is C=C1/C=C\C=C/CN(c2cccc(-c3ccc4oc5ccc(-c6cccc(-n7c(C(C)C)nc8ccccc87)c6)cc5c4c3)c2)c2ccccc21. The quantitative estimate of drug-likeness (QED) is 0.184. The van der Waals surface area contributed by atoms with Gasteiger partial charge < -0.3 is 9.32 Å². The molecule has 2 aromatic heterocycles. The van der Waals surface area contributed by atoms with E-state index in [-0.39, 0.29) is 5.92 Å². The maximum atomic E-state index is 6.37. The zero-order chi connectivity index (χ0) is 34.5. The molecular weight excluding hydrogens is 623 g/mol. The molecule has 246 valence electrons. The Kier molecular flexibility index (Phi) is 7.51. The molecule has 0 radical (unpaired) electrons. The fourth-order valence-corrected chi connectivity index (χ4v) is 7.35. The largest absolute Gasteiger partial charge is 0.456 e. The summed E-state index contributed by atoms with van der Waals surface area (Å²) in [6.07, 6.45) is 8.43. The van der Waals surface area contributed by atoms with Crippen molar-refractivity contribution in [3.63, 3.8) is 0 Å². The van der Waals surface area contributed by atoms with Gasteiger partial charge in [-0.3, -0.25) is 4.57 Å². The highest BCUT2D eigenvalue weighted by molar-refractivity contribution is 6.07. The second-order valence-electron chi connectivity index (χ2n) is 13.5. The molecule has 0 unspecified atom stereocenters. The van der Waals surface area contributed by atoms with Crippen LogP contribution in [0.15, 0.2) is 169 Å². The van der Waals surface area contributed by atoms with E-state index < -0.39 is 0 Å². The first kappa shape index (κ1) is 30.7. The Morgan fingerprint density at radius 3 is 2.04 bits per heavy atom. The van der Waals surface area contributed by atoms with Crippen LogP contribution in [0.5, 0.6) is 0 Å². The number of furan rings is 1. The summed E-state index contributed by atoms with van der Waals surface area (Å²) < 4.78 is 8.67. The molecule has 1 aliphatic heterocycles. The number of para-hydroxylation sites is 3. The molecule has 0 saturated heterocycles. The minimum Gasteiger partial charge on any atom is -0.456 e. The normalized spacial score (nSPS) is 14.5. The van der Waals surface area contributed by atoms with Crippen LogP contribution in [0.4, 0.5) is 11.4 Å². The number of hydrogen-bond donors (Lipinski definition) is 0. The van der Waals surface area contributed by atoms with Gasteiger partial charge in [-0.1, -0.05) is 111 Å². The molecular formula is C47H37N3O.